The Bertz CT molecular complexity index is 441. The molecule has 1 aromatic heterocycles. The van der Waals surface area contributed by atoms with Gasteiger partial charge < -0.3 is 9.52 Å². The summed E-state index contributed by atoms with van der Waals surface area (Å²) in [6.45, 7) is 3.81. The maximum atomic E-state index is 9.66. The van der Waals surface area contributed by atoms with E-state index in [1.54, 1.807) is 6.92 Å². The summed E-state index contributed by atoms with van der Waals surface area (Å²) in [4.78, 5) is 0. The molecule has 2 rings (SSSR count). The highest BCUT2D eigenvalue weighted by molar-refractivity contribution is 5.82. The van der Waals surface area contributed by atoms with Crippen LogP contribution in [0.15, 0.2) is 28.7 Å². The van der Waals surface area contributed by atoms with Gasteiger partial charge in [0.2, 0.25) is 0 Å². The average molecular weight is 190 g/mol. The molecule has 74 valence electrons. The van der Waals surface area contributed by atoms with Crippen LogP contribution in [0.2, 0.25) is 0 Å². The minimum absolute atomic E-state index is 0.464. The third kappa shape index (κ3) is 1.32. The Kier molecular flexibility index (Phi) is 2.30. The number of aliphatic hydroxyl groups is 1. The molecule has 0 amide bonds. The number of benzene rings is 1. The highest BCUT2D eigenvalue weighted by Gasteiger charge is 2.15. The van der Waals surface area contributed by atoms with Gasteiger partial charge in [-0.3, -0.25) is 0 Å². The standard InChI is InChI=1S/C12H14O2/c1-3-10-12(8(2)13)9-6-4-5-7-11(9)14-10/h4-8,13H,3H2,1-2H3/t8-/m1/s1. The van der Waals surface area contributed by atoms with Crippen LogP contribution in [0.5, 0.6) is 0 Å². The molecular formula is C12H14O2. The summed E-state index contributed by atoms with van der Waals surface area (Å²) < 4.78 is 5.65. The molecule has 2 nitrogen and oxygen atoms in total. The zero-order chi connectivity index (χ0) is 10.1. The lowest BCUT2D eigenvalue weighted by Gasteiger charge is -2.03. The topological polar surface area (TPSA) is 33.4 Å². The number of fused-ring (bicyclic) bond motifs is 1. The SMILES string of the molecule is CCc1oc2ccccc2c1[C@@H](C)O. The molecule has 0 saturated carbocycles. The largest absolute Gasteiger partial charge is 0.461 e. The first-order chi connectivity index (χ1) is 6.74. The second kappa shape index (κ2) is 3.46. The van der Waals surface area contributed by atoms with Crippen LogP contribution < -0.4 is 0 Å². The third-order valence-electron chi connectivity index (χ3n) is 2.45. The van der Waals surface area contributed by atoms with Crippen LogP contribution in [0.25, 0.3) is 11.0 Å². The van der Waals surface area contributed by atoms with E-state index in [4.69, 9.17) is 4.42 Å². The third-order valence-corrected chi connectivity index (χ3v) is 2.45. The van der Waals surface area contributed by atoms with E-state index in [2.05, 4.69) is 0 Å². The molecule has 1 heterocycles. The lowest BCUT2D eigenvalue weighted by atomic mass is 10.1. The minimum Gasteiger partial charge on any atom is -0.461 e. The molecule has 14 heavy (non-hydrogen) atoms. The van der Waals surface area contributed by atoms with Crippen LogP contribution in [0.3, 0.4) is 0 Å². The summed E-state index contributed by atoms with van der Waals surface area (Å²) in [5.74, 6) is 0.890. The van der Waals surface area contributed by atoms with E-state index in [1.807, 2.05) is 31.2 Å². The van der Waals surface area contributed by atoms with Crippen LogP contribution in [0.4, 0.5) is 0 Å². The fourth-order valence-corrected chi connectivity index (χ4v) is 1.84. The van der Waals surface area contributed by atoms with Gasteiger partial charge in [-0.1, -0.05) is 25.1 Å². The van der Waals surface area contributed by atoms with Gasteiger partial charge >= 0.3 is 0 Å². The number of rotatable bonds is 2. The van der Waals surface area contributed by atoms with Gasteiger partial charge in [0.15, 0.2) is 0 Å². The normalized spacial score (nSPS) is 13.4. The molecule has 0 unspecified atom stereocenters. The van der Waals surface area contributed by atoms with E-state index >= 15 is 0 Å². The van der Waals surface area contributed by atoms with E-state index in [-0.39, 0.29) is 0 Å². The first kappa shape index (κ1) is 9.28. The average Bonchev–Trinajstić information content (AvgIpc) is 2.55. The molecule has 2 aromatic rings. The number of furan rings is 1. The maximum absolute atomic E-state index is 9.66. The molecule has 0 radical (unpaired) electrons. The van der Waals surface area contributed by atoms with Gasteiger partial charge in [0.1, 0.15) is 11.3 Å². The molecular weight excluding hydrogens is 176 g/mol. The summed E-state index contributed by atoms with van der Waals surface area (Å²) >= 11 is 0. The quantitative estimate of drug-likeness (QED) is 0.789. The monoisotopic (exact) mass is 190 g/mol. The van der Waals surface area contributed by atoms with Crippen LogP contribution in [-0.2, 0) is 6.42 Å². The number of hydrogen-bond donors (Lipinski definition) is 1. The van der Waals surface area contributed by atoms with Gasteiger partial charge in [0.05, 0.1) is 6.10 Å². The molecule has 0 saturated heterocycles. The van der Waals surface area contributed by atoms with E-state index in [1.165, 1.54) is 0 Å². The molecule has 1 N–H and O–H groups in total. The predicted octanol–water partition coefficient (Wildman–Crippen LogP) is 3.05. The molecule has 0 aliphatic rings. The van der Waals surface area contributed by atoms with Crippen LogP contribution in [0.1, 0.15) is 31.3 Å². The Hall–Kier alpha value is -1.28. The van der Waals surface area contributed by atoms with E-state index in [0.29, 0.717) is 0 Å². The molecule has 0 spiro atoms. The second-order valence-corrected chi connectivity index (χ2v) is 3.46. The van der Waals surface area contributed by atoms with Crippen molar-refractivity contribution >= 4 is 11.0 Å². The van der Waals surface area contributed by atoms with E-state index in [0.717, 1.165) is 28.7 Å². The Morgan fingerprint density at radius 2 is 2.07 bits per heavy atom. The molecule has 1 atom stereocenters. The van der Waals surface area contributed by atoms with Crippen molar-refractivity contribution in [1.82, 2.24) is 0 Å². The van der Waals surface area contributed by atoms with Crippen molar-refractivity contribution in [2.75, 3.05) is 0 Å². The summed E-state index contributed by atoms with van der Waals surface area (Å²) in [6, 6.07) is 7.82. The van der Waals surface area contributed by atoms with Gasteiger partial charge in [-0.15, -0.1) is 0 Å². The fourth-order valence-electron chi connectivity index (χ4n) is 1.84. The van der Waals surface area contributed by atoms with Crippen molar-refractivity contribution in [3.8, 4) is 0 Å². The molecule has 2 heteroatoms. The van der Waals surface area contributed by atoms with E-state index < -0.39 is 6.10 Å². The Morgan fingerprint density at radius 3 is 2.71 bits per heavy atom. The summed E-state index contributed by atoms with van der Waals surface area (Å²) in [7, 11) is 0. The molecule has 0 aliphatic carbocycles. The number of aliphatic hydroxyl groups excluding tert-OH is 1. The van der Waals surface area contributed by atoms with Crippen molar-refractivity contribution in [3.63, 3.8) is 0 Å². The Morgan fingerprint density at radius 1 is 1.36 bits per heavy atom. The zero-order valence-electron chi connectivity index (χ0n) is 8.45. The minimum atomic E-state index is -0.464. The van der Waals surface area contributed by atoms with Gasteiger partial charge in [0, 0.05) is 17.4 Å². The van der Waals surface area contributed by atoms with Crippen molar-refractivity contribution in [3.05, 3.63) is 35.6 Å². The van der Waals surface area contributed by atoms with Gasteiger partial charge in [-0.25, -0.2) is 0 Å². The highest BCUT2D eigenvalue weighted by Crippen LogP contribution is 2.30. The smallest absolute Gasteiger partial charge is 0.134 e. The highest BCUT2D eigenvalue weighted by atomic mass is 16.3. The van der Waals surface area contributed by atoms with Crippen molar-refractivity contribution < 1.29 is 9.52 Å². The summed E-state index contributed by atoms with van der Waals surface area (Å²) in [5.41, 5.74) is 1.79. The number of para-hydroxylation sites is 1. The summed E-state index contributed by atoms with van der Waals surface area (Å²) in [6.07, 6.45) is 0.350. The second-order valence-electron chi connectivity index (χ2n) is 3.46. The van der Waals surface area contributed by atoms with Crippen molar-refractivity contribution in [2.24, 2.45) is 0 Å². The lowest BCUT2D eigenvalue weighted by molar-refractivity contribution is 0.198. The predicted molar refractivity (Wildman–Crippen MR) is 56.2 cm³/mol. The van der Waals surface area contributed by atoms with Crippen LogP contribution in [0, 0.1) is 0 Å². The maximum Gasteiger partial charge on any atom is 0.134 e. The molecule has 0 bridgehead atoms. The zero-order valence-corrected chi connectivity index (χ0v) is 8.45. The van der Waals surface area contributed by atoms with Crippen LogP contribution >= 0.6 is 0 Å². The fraction of sp³-hybridized carbons (Fsp3) is 0.333. The first-order valence-corrected chi connectivity index (χ1v) is 4.92. The van der Waals surface area contributed by atoms with Gasteiger partial charge in [0.25, 0.3) is 0 Å². The number of hydrogen-bond acceptors (Lipinski definition) is 2. The Balaban J connectivity index is 2.74. The van der Waals surface area contributed by atoms with Crippen molar-refractivity contribution in [2.45, 2.75) is 26.4 Å². The first-order valence-electron chi connectivity index (χ1n) is 4.92. The molecule has 1 aromatic carbocycles. The lowest BCUT2D eigenvalue weighted by Crippen LogP contribution is -1.93. The van der Waals surface area contributed by atoms with Gasteiger partial charge in [-0.05, 0) is 13.0 Å². The van der Waals surface area contributed by atoms with Gasteiger partial charge in [-0.2, -0.15) is 0 Å². The van der Waals surface area contributed by atoms with E-state index in [9.17, 15) is 5.11 Å². The number of aryl methyl sites for hydroxylation is 1. The molecule has 0 aliphatic heterocycles. The Labute approximate surface area is 83.2 Å². The van der Waals surface area contributed by atoms with Crippen LogP contribution in [-0.4, -0.2) is 5.11 Å². The summed E-state index contributed by atoms with van der Waals surface area (Å²) in [5, 5.41) is 10.7. The molecule has 0 fully saturated rings. The van der Waals surface area contributed by atoms with Crippen molar-refractivity contribution in [1.29, 1.82) is 0 Å².